The zero-order chi connectivity index (χ0) is 20.0. The minimum atomic E-state index is 0.0344. The fraction of sp³-hybridized carbons (Fsp3) is 0.261. The van der Waals surface area contributed by atoms with Crippen LogP contribution in [0.5, 0.6) is 5.75 Å². The van der Waals surface area contributed by atoms with E-state index in [1.54, 1.807) is 12.1 Å². The minimum Gasteiger partial charge on any atom is -0.491 e. The largest absolute Gasteiger partial charge is 0.491 e. The topological polar surface area (TPSA) is 87.7 Å². The molecule has 0 spiro atoms. The first kappa shape index (κ1) is 17.5. The second-order valence-electron chi connectivity index (χ2n) is 7.60. The molecule has 0 saturated carbocycles. The van der Waals surface area contributed by atoms with Crippen molar-refractivity contribution in [3.63, 3.8) is 0 Å². The third kappa shape index (κ3) is 3.05. The van der Waals surface area contributed by atoms with Gasteiger partial charge in [0.15, 0.2) is 0 Å². The van der Waals surface area contributed by atoms with Gasteiger partial charge in [-0.05, 0) is 75.1 Å². The number of nitriles is 1. The molecule has 0 atom stereocenters. The monoisotopic (exact) mass is 384 g/mol. The number of H-pyrrole nitrogens is 1. The predicted octanol–water partition coefficient (Wildman–Crippen LogP) is 5.03. The Hall–Kier alpha value is -3.59. The molecular weight excluding hydrogens is 364 g/mol. The van der Waals surface area contributed by atoms with Crippen LogP contribution in [0, 0.1) is 11.3 Å². The summed E-state index contributed by atoms with van der Waals surface area (Å²) in [5, 5.41) is 14.9. The summed E-state index contributed by atoms with van der Waals surface area (Å²) in [6.45, 7) is 3.89. The van der Waals surface area contributed by atoms with Crippen LogP contribution in [0.25, 0.3) is 33.7 Å². The molecule has 144 valence electrons. The van der Waals surface area contributed by atoms with Crippen LogP contribution in [0.3, 0.4) is 0 Å². The molecule has 0 aliphatic heterocycles. The molecule has 4 aromatic rings. The highest BCUT2D eigenvalue weighted by atomic mass is 16.5. The van der Waals surface area contributed by atoms with E-state index >= 15 is 0 Å². The zero-order valence-corrected chi connectivity index (χ0v) is 16.3. The summed E-state index contributed by atoms with van der Waals surface area (Å²) in [4.78, 5) is 8.06. The lowest BCUT2D eigenvalue weighted by Gasteiger charge is -2.10. The second kappa shape index (κ2) is 6.78. The summed E-state index contributed by atoms with van der Waals surface area (Å²) in [7, 11) is 0. The minimum absolute atomic E-state index is 0.0344. The maximum atomic E-state index is 9.55. The number of nitrogens with one attached hydrogen (secondary N) is 1. The van der Waals surface area contributed by atoms with Crippen molar-refractivity contribution in [3.8, 4) is 34.7 Å². The van der Waals surface area contributed by atoms with Gasteiger partial charge in [0.25, 0.3) is 5.89 Å². The van der Waals surface area contributed by atoms with Crippen LogP contribution in [0.4, 0.5) is 0 Å². The molecule has 29 heavy (non-hydrogen) atoms. The molecule has 0 amide bonds. The number of hydrogen-bond donors (Lipinski definition) is 1. The van der Waals surface area contributed by atoms with Crippen molar-refractivity contribution >= 4 is 10.9 Å². The first-order valence-corrected chi connectivity index (χ1v) is 9.81. The lowest BCUT2D eigenvalue weighted by atomic mass is 10.1. The molecule has 0 bridgehead atoms. The highest BCUT2D eigenvalue weighted by Crippen LogP contribution is 2.33. The number of aromatic amines is 1. The van der Waals surface area contributed by atoms with Crippen LogP contribution in [0.1, 0.15) is 37.1 Å². The van der Waals surface area contributed by atoms with E-state index in [0.717, 1.165) is 23.9 Å². The molecule has 2 heterocycles. The number of nitrogens with zero attached hydrogens (tertiary/aromatic N) is 3. The fourth-order valence-electron chi connectivity index (χ4n) is 3.98. The molecule has 5 rings (SSSR count). The summed E-state index contributed by atoms with van der Waals surface area (Å²) in [6.07, 6.45) is 3.44. The predicted molar refractivity (Wildman–Crippen MR) is 110 cm³/mol. The van der Waals surface area contributed by atoms with Crippen LogP contribution in [0.15, 0.2) is 40.9 Å². The van der Waals surface area contributed by atoms with Gasteiger partial charge in [0.05, 0.1) is 17.2 Å². The van der Waals surface area contributed by atoms with E-state index in [-0.39, 0.29) is 6.10 Å². The smallest absolute Gasteiger partial charge is 0.259 e. The van der Waals surface area contributed by atoms with Gasteiger partial charge in [-0.1, -0.05) is 5.16 Å². The zero-order valence-electron chi connectivity index (χ0n) is 16.3. The molecule has 1 aliphatic carbocycles. The van der Waals surface area contributed by atoms with E-state index in [2.05, 4.69) is 33.3 Å². The number of benzene rings is 2. The summed E-state index contributed by atoms with van der Waals surface area (Å²) in [5.41, 5.74) is 5.84. The average Bonchev–Trinajstić information content (AvgIpc) is 3.43. The van der Waals surface area contributed by atoms with Gasteiger partial charge in [-0.2, -0.15) is 10.2 Å². The van der Waals surface area contributed by atoms with Gasteiger partial charge >= 0.3 is 0 Å². The Morgan fingerprint density at radius 1 is 1.17 bits per heavy atom. The molecule has 2 aromatic heterocycles. The van der Waals surface area contributed by atoms with Crippen molar-refractivity contribution in [1.29, 1.82) is 5.26 Å². The van der Waals surface area contributed by atoms with E-state index in [9.17, 15) is 5.26 Å². The number of aryl methyl sites for hydroxylation is 2. The maximum absolute atomic E-state index is 9.55. The standard InChI is InChI=1S/C23H20N4O2/c1-13(2)28-16-7-8-17(15(10-16)12-24)23-26-22(27-29-23)14-6-9-21-19(11-14)18-4-3-5-20(18)25-21/h6-11,13,25H,3-5H2,1-2H3. The molecule has 0 unspecified atom stereocenters. The third-order valence-electron chi connectivity index (χ3n) is 5.25. The Morgan fingerprint density at radius 3 is 2.90 bits per heavy atom. The summed E-state index contributed by atoms with van der Waals surface area (Å²) in [6, 6.07) is 13.7. The number of ether oxygens (including phenoxy) is 1. The third-order valence-corrected chi connectivity index (χ3v) is 5.25. The molecule has 1 N–H and O–H groups in total. The molecular formula is C23H20N4O2. The summed E-state index contributed by atoms with van der Waals surface area (Å²) < 4.78 is 11.2. The van der Waals surface area contributed by atoms with Crippen molar-refractivity contribution < 1.29 is 9.26 Å². The maximum Gasteiger partial charge on any atom is 0.259 e. The lowest BCUT2D eigenvalue weighted by Crippen LogP contribution is -2.05. The van der Waals surface area contributed by atoms with Crippen LogP contribution in [0.2, 0.25) is 0 Å². The number of hydrogen-bond acceptors (Lipinski definition) is 5. The summed E-state index contributed by atoms with van der Waals surface area (Å²) in [5.74, 6) is 1.49. The van der Waals surface area contributed by atoms with Gasteiger partial charge < -0.3 is 14.2 Å². The van der Waals surface area contributed by atoms with E-state index in [0.29, 0.717) is 28.6 Å². The SMILES string of the molecule is CC(C)Oc1ccc(-c2nc(-c3ccc4[nH]c5c(c4c3)CCC5)no2)c(C#N)c1. The van der Waals surface area contributed by atoms with Crippen LogP contribution < -0.4 is 4.74 Å². The number of aromatic nitrogens is 3. The van der Waals surface area contributed by atoms with Gasteiger partial charge in [0, 0.05) is 22.2 Å². The van der Waals surface area contributed by atoms with Crippen molar-refractivity contribution in [2.75, 3.05) is 0 Å². The van der Waals surface area contributed by atoms with Crippen LogP contribution in [-0.2, 0) is 12.8 Å². The van der Waals surface area contributed by atoms with Gasteiger partial charge in [0.2, 0.25) is 5.82 Å². The highest BCUT2D eigenvalue weighted by Gasteiger charge is 2.19. The van der Waals surface area contributed by atoms with Gasteiger partial charge in [-0.25, -0.2) is 0 Å². The molecule has 0 saturated heterocycles. The molecule has 0 radical (unpaired) electrons. The lowest BCUT2D eigenvalue weighted by molar-refractivity contribution is 0.242. The molecule has 6 nitrogen and oxygen atoms in total. The van der Waals surface area contributed by atoms with Crippen molar-refractivity contribution in [2.24, 2.45) is 0 Å². The molecule has 2 aromatic carbocycles. The van der Waals surface area contributed by atoms with Gasteiger partial charge in [-0.3, -0.25) is 0 Å². The fourth-order valence-corrected chi connectivity index (χ4v) is 3.98. The normalized spacial score (nSPS) is 13.0. The van der Waals surface area contributed by atoms with Crippen LogP contribution >= 0.6 is 0 Å². The van der Waals surface area contributed by atoms with Crippen molar-refractivity contribution in [2.45, 2.75) is 39.2 Å². The molecule has 1 aliphatic rings. The molecule has 0 fully saturated rings. The quantitative estimate of drug-likeness (QED) is 0.533. The Morgan fingerprint density at radius 2 is 2.07 bits per heavy atom. The highest BCUT2D eigenvalue weighted by molar-refractivity contribution is 5.89. The van der Waals surface area contributed by atoms with Crippen molar-refractivity contribution in [1.82, 2.24) is 15.1 Å². The molecule has 6 heteroatoms. The van der Waals surface area contributed by atoms with Crippen LogP contribution in [-0.4, -0.2) is 21.2 Å². The number of fused-ring (bicyclic) bond motifs is 3. The second-order valence-corrected chi connectivity index (χ2v) is 7.60. The first-order chi connectivity index (χ1) is 14.1. The first-order valence-electron chi connectivity index (χ1n) is 9.81. The van der Waals surface area contributed by atoms with E-state index < -0.39 is 0 Å². The van der Waals surface area contributed by atoms with Gasteiger partial charge in [0.1, 0.15) is 11.8 Å². The Balaban J connectivity index is 1.51. The Kier molecular flexibility index (Phi) is 4.09. The van der Waals surface area contributed by atoms with Crippen molar-refractivity contribution in [3.05, 3.63) is 53.2 Å². The van der Waals surface area contributed by atoms with E-state index in [1.165, 1.54) is 23.1 Å². The van der Waals surface area contributed by atoms with Gasteiger partial charge in [-0.15, -0.1) is 0 Å². The van der Waals surface area contributed by atoms with E-state index in [4.69, 9.17) is 9.26 Å². The van der Waals surface area contributed by atoms with E-state index in [1.807, 2.05) is 26.0 Å². The average molecular weight is 384 g/mol. The Bertz CT molecular complexity index is 1260. The summed E-state index contributed by atoms with van der Waals surface area (Å²) >= 11 is 0. The Labute approximate surface area is 168 Å². The number of rotatable bonds is 4.